The fourth-order valence-corrected chi connectivity index (χ4v) is 2.21. The molecule has 0 unspecified atom stereocenters. The zero-order valence-corrected chi connectivity index (χ0v) is 13.6. The Labute approximate surface area is 147 Å². The minimum absolute atomic E-state index is 0.0765. The van der Waals surface area contributed by atoms with E-state index in [1.54, 1.807) is 31.3 Å². The van der Waals surface area contributed by atoms with Crippen LogP contribution >= 0.6 is 0 Å². The Bertz CT molecular complexity index is 933. The number of nitrogens with one attached hydrogen (secondary N) is 1. The predicted octanol–water partition coefficient (Wildman–Crippen LogP) is 3.91. The maximum absolute atomic E-state index is 13.7. The van der Waals surface area contributed by atoms with E-state index in [0.29, 0.717) is 5.69 Å². The number of para-hydroxylation sites is 1. The van der Waals surface area contributed by atoms with Crippen molar-refractivity contribution >= 4 is 23.1 Å². The fourth-order valence-electron chi connectivity index (χ4n) is 2.21. The molecule has 3 rings (SSSR count). The van der Waals surface area contributed by atoms with Gasteiger partial charge in [0.15, 0.2) is 29.0 Å². The maximum atomic E-state index is 13.7. The quantitative estimate of drug-likeness (QED) is 0.719. The Balaban J connectivity index is 1.77. The van der Waals surface area contributed by atoms with E-state index in [2.05, 4.69) is 15.5 Å². The van der Waals surface area contributed by atoms with E-state index in [0.717, 1.165) is 12.1 Å². The molecule has 2 aromatic carbocycles. The second-order valence-corrected chi connectivity index (χ2v) is 5.35. The highest BCUT2D eigenvalue weighted by Gasteiger charge is 2.17. The predicted molar refractivity (Wildman–Crippen MR) is 90.8 cm³/mol. The number of carbonyl (C=O) groups excluding carboxylic acids is 1. The summed E-state index contributed by atoms with van der Waals surface area (Å²) in [5.74, 6) is -4.54. The van der Waals surface area contributed by atoms with Crippen molar-refractivity contribution in [2.24, 2.45) is 0 Å². The first-order valence-corrected chi connectivity index (χ1v) is 7.54. The molecule has 0 aliphatic carbocycles. The molecular formula is C18H13F3N4O. The number of hydrogen-bond acceptors (Lipinski definition) is 4. The van der Waals surface area contributed by atoms with Crippen LogP contribution < -0.4 is 10.2 Å². The zero-order chi connectivity index (χ0) is 18.7. The fraction of sp³-hybridized carbons (Fsp3) is 0.0556. The first kappa shape index (κ1) is 17.4. The van der Waals surface area contributed by atoms with Crippen LogP contribution in [0.5, 0.6) is 0 Å². The third kappa shape index (κ3) is 3.49. The van der Waals surface area contributed by atoms with E-state index in [1.165, 1.54) is 17.0 Å². The van der Waals surface area contributed by atoms with Gasteiger partial charge in [-0.3, -0.25) is 4.79 Å². The Kier molecular flexibility index (Phi) is 4.83. The summed E-state index contributed by atoms with van der Waals surface area (Å²) in [5.41, 5.74) is 0.469. The van der Waals surface area contributed by atoms with Gasteiger partial charge in [-0.25, -0.2) is 13.2 Å². The summed E-state index contributed by atoms with van der Waals surface area (Å²) in [4.78, 5) is 13.8. The van der Waals surface area contributed by atoms with Crippen LogP contribution in [0.3, 0.4) is 0 Å². The molecule has 1 N–H and O–H groups in total. The van der Waals surface area contributed by atoms with Crippen LogP contribution in [0.4, 0.5) is 30.4 Å². The molecule has 0 atom stereocenters. The molecule has 0 aliphatic rings. The van der Waals surface area contributed by atoms with E-state index >= 15 is 0 Å². The molecule has 1 aromatic heterocycles. The molecule has 1 amide bonds. The molecule has 0 spiro atoms. The number of benzene rings is 2. The van der Waals surface area contributed by atoms with Gasteiger partial charge in [0.25, 0.3) is 5.91 Å². The van der Waals surface area contributed by atoms with Gasteiger partial charge in [-0.2, -0.15) is 0 Å². The van der Waals surface area contributed by atoms with Gasteiger partial charge >= 0.3 is 0 Å². The molecule has 0 saturated heterocycles. The summed E-state index contributed by atoms with van der Waals surface area (Å²) in [6.45, 7) is 0. The lowest BCUT2D eigenvalue weighted by molar-refractivity contribution is 0.0987. The SMILES string of the molecule is CN(C(=O)c1ccc(Nc2ccc(F)c(F)c2F)nn1)c1ccccc1. The van der Waals surface area contributed by atoms with E-state index in [-0.39, 0.29) is 23.1 Å². The van der Waals surface area contributed by atoms with E-state index in [9.17, 15) is 18.0 Å². The highest BCUT2D eigenvalue weighted by atomic mass is 19.2. The lowest BCUT2D eigenvalue weighted by Gasteiger charge is -2.16. The van der Waals surface area contributed by atoms with Crippen molar-refractivity contribution in [2.45, 2.75) is 0 Å². The van der Waals surface area contributed by atoms with Crippen molar-refractivity contribution < 1.29 is 18.0 Å². The number of rotatable bonds is 4. The van der Waals surface area contributed by atoms with Crippen molar-refractivity contribution in [1.82, 2.24) is 10.2 Å². The molecule has 26 heavy (non-hydrogen) atoms. The summed E-state index contributed by atoms with van der Waals surface area (Å²) in [6.07, 6.45) is 0. The number of aromatic nitrogens is 2. The van der Waals surface area contributed by atoms with Crippen molar-refractivity contribution in [2.75, 3.05) is 17.3 Å². The van der Waals surface area contributed by atoms with Gasteiger partial charge in [0.2, 0.25) is 0 Å². The average molecular weight is 358 g/mol. The number of amides is 1. The molecule has 1 heterocycles. The Morgan fingerprint density at radius 3 is 2.31 bits per heavy atom. The van der Waals surface area contributed by atoms with Gasteiger partial charge in [-0.15, -0.1) is 10.2 Å². The minimum atomic E-state index is -1.58. The van der Waals surface area contributed by atoms with Gasteiger partial charge in [0.05, 0.1) is 5.69 Å². The molecule has 8 heteroatoms. The first-order valence-electron chi connectivity index (χ1n) is 7.54. The van der Waals surface area contributed by atoms with Crippen molar-refractivity contribution in [3.8, 4) is 0 Å². The number of anilines is 3. The summed E-state index contributed by atoms with van der Waals surface area (Å²) < 4.78 is 39.8. The van der Waals surface area contributed by atoms with E-state index < -0.39 is 17.5 Å². The van der Waals surface area contributed by atoms with Gasteiger partial charge in [0.1, 0.15) is 0 Å². The average Bonchev–Trinajstić information content (AvgIpc) is 2.68. The largest absolute Gasteiger partial charge is 0.336 e. The standard InChI is InChI=1S/C18H13F3N4O/c1-25(11-5-3-2-4-6-11)18(26)14-9-10-15(24-23-14)22-13-8-7-12(19)16(20)17(13)21/h2-10H,1H3,(H,22,24). The van der Waals surface area contributed by atoms with Crippen molar-refractivity contribution in [3.05, 3.63) is 77.7 Å². The highest BCUT2D eigenvalue weighted by Crippen LogP contribution is 2.22. The molecule has 0 bridgehead atoms. The van der Waals surface area contributed by atoms with Crippen LogP contribution in [0.2, 0.25) is 0 Å². The van der Waals surface area contributed by atoms with E-state index in [4.69, 9.17) is 0 Å². The van der Waals surface area contributed by atoms with Crippen molar-refractivity contribution in [1.29, 1.82) is 0 Å². The second-order valence-electron chi connectivity index (χ2n) is 5.35. The third-order valence-electron chi connectivity index (χ3n) is 3.63. The van der Waals surface area contributed by atoms with Crippen LogP contribution in [0.1, 0.15) is 10.5 Å². The van der Waals surface area contributed by atoms with Gasteiger partial charge in [-0.1, -0.05) is 18.2 Å². The van der Waals surface area contributed by atoms with Crippen LogP contribution in [0.25, 0.3) is 0 Å². The van der Waals surface area contributed by atoms with Gasteiger partial charge < -0.3 is 10.2 Å². The zero-order valence-electron chi connectivity index (χ0n) is 13.6. The lowest BCUT2D eigenvalue weighted by atomic mass is 10.2. The first-order chi connectivity index (χ1) is 12.5. The maximum Gasteiger partial charge on any atom is 0.278 e. The third-order valence-corrected chi connectivity index (χ3v) is 3.63. The summed E-state index contributed by atoms with van der Waals surface area (Å²) in [5, 5.41) is 10.1. The van der Waals surface area contributed by atoms with Crippen LogP contribution in [0.15, 0.2) is 54.6 Å². The molecule has 0 fully saturated rings. The topological polar surface area (TPSA) is 58.1 Å². The number of carbonyl (C=O) groups is 1. The van der Waals surface area contributed by atoms with E-state index in [1.807, 2.05) is 6.07 Å². The van der Waals surface area contributed by atoms with Crippen LogP contribution in [-0.4, -0.2) is 23.2 Å². The molecule has 0 aliphatic heterocycles. The lowest BCUT2D eigenvalue weighted by Crippen LogP contribution is -2.27. The summed E-state index contributed by atoms with van der Waals surface area (Å²) in [7, 11) is 1.60. The summed E-state index contributed by atoms with van der Waals surface area (Å²) in [6, 6.07) is 13.6. The monoisotopic (exact) mass is 358 g/mol. The smallest absolute Gasteiger partial charge is 0.278 e. The Hall–Kier alpha value is -3.42. The molecule has 0 saturated carbocycles. The molecular weight excluding hydrogens is 345 g/mol. The summed E-state index contributed by atoms with van der Waals surface area (Å²) >= 11 is 0. The van der Waals surface area contributed by atoms with Gasteiger partial charge in [-0.05, 0) is 36.4 Å². The molecule has 132 valence electrons. The van der Waals surface area contributed by atoms with Gasteiger partial charge in [0, 0.05) is 12.7 Å². The highest BCUT2D eigenvalue weighted by molar-refractivity contribution is 6.04. The molecule has 0 radical (unpaired) electrons. The number of halogens is 3. The number of hydrogen-bond donors (Lipinski definition) is 1. The van der Waals surface area contributed by atoms with Crippen molar-refractivity contribution in [3.63, 3.8) is 0 Å². The molecule has 5 nitrogen and oxygen atoms in total. The van der Waals surface area contributed by atoms with Crippen LogP contribution in [-0.2, 0) is 0 Å². The minimum Gasteiger partial charge on any atom is -0.336 e. The normalized spacial score (nSPS) is 10.5. The van der Waals surface area contributed by atoms with Crippen LogP contribution in [0, 0.1) is 17.5 Å². The molecule has 3 aromatic rings. The number of nitrogens with zero attached hydrogens (tertiary/aromatic N) is 3. The Morgan fingerprint density at radius 2 is 1.65 bits per heavy atom. The Morgan fingerprint density at radius 1 is 0.923 bits per heavy atom. The second kappa shape index (κ2) is 7.22.